The maximum absolute atomic E-state index is 12.3. The van der Waals surface area contributed by atoms with Gasteiger partial charge in [0.25, 0.3) is 0 Å². The highest BCUT2D eigenvalue weighted by molar-refractivity contribution is 5.71. The Balaban J connectivity index is 3.54. The number of urea groups is 1. The molecule has 0 bridgehead atoms. The zero-order valence-corrected chi connectivity index (χ0v) is 24.1. The number of rotatable bonds is 28. The summed E-state index contributed by atoms with van der Waals surface area (Å²) in [4.78, 5) is 23.5. The van der Waals surface area contributed by atoms with E-state index < -0.39 is 0 Å². The molecule has 0 aliphatic heterocycles. The second-order valence-electron chi connectivity index (χ2n) is 10.3. The Hall–Kier alpha value is -0.810. The molecule has 0 atom stereocenters. The van der Waals surface area contributed by atoms with Crippen molar-refractivity contribution >= 4 is 6.03 Å². The number of hydroxylamine groups is 3. The van der Waals surface area contributed by atoms with Gasteiger partial charge in [0.05, 0.1) is 19.8 Å². The molecule has 0 rings (SSSR count). The lowest BCUT2D eigenvalue weighted by Gasteiger charge is -2.21. The van der Waals surface area contributed by atoms with Gasteiger partial charge in [-0.25, -0.2) is 15.3 Å². The van der Waals surface area contributed by atoms with E-state index in [1.807, 2.05) is 0 Å². The number of carbonyl (C=O) groups excluding carboxylic acids is 1. The summed E-state index contributed by atoms with van der Waals surface area (Å²) < 4.78 is 0. The summed E-state index contributed by atoms with van der Waals surface area (Å²) in [6.45, 7) is 8.35. The van der Waals surface area contributed by atoms with E-state index in [1.54, 1.807) is 0 Å². The van der Waals surface area contributed by atoms with Crippen LogP contribution < -0.4 is 5.48 Å². The highest BCUT2D eigenvalue weighted by Crippen LogP contribution is 2.12. The number of nitrogens with one attached hydrogen (secondary N) is 1. The van der Waals surface area contributed by atoms with Crippen LogP contribution in [-0.2, 0) is 9.68 Å². The van der Waals surface area contributed by atoms with Crippen molar-refractivity contribution in [2.24, 2.45) is 0 Å². The molecule has 0 aromatic rings. The van der Waals surface area contributed by atoms with Gasteiger partial charge in [-0.2, -0.15) is 0 Å². The van der Waals surface area contributed by atoms with Crippen molar-refractivity contribution in [1.82, 2.24) is 10.5 Å². The van der Waals surface area contributed by atoms with Gasteiger partial charge in [-0.1, -0.05) is 149 Å². The molecule has 2 amide bonds. The molecule has 0 heterocycles. The summed E-state index contributed by atoms with van der Waals surface area (Å²) >= 11 is 0. The van der Waals surface area contributed by atoms with E-state index in [-0.39, 0.29) is 6.03 Å². The maximum Gasteiger partial charge on any atom is 0.365 e. The fourth-order valence-electron chi connectivity index (χ4n) is 4.37. The summed E-state index contributed by atoms with van der Waals surface area (Å²) in [5.74, 6) is 0. The minimum atomic E-state index is -0.280. The lowest BCUT2D eigenvalue weighted by molar-refractivity contribution is -0.128. The molecule has 0 spiro atoms. The van der Waals surface area contributed by atoms with Gasteiger partial charge in [-0.05, 0) is 19.3 Å². The lowest BCUT2D eigenvalue weighted by Crippen LogP contribution is -2.40. The Kier molecular flexibility index (Phi) is 28.7. The number of hydrogen-bond acceptors (Lipinski definition) is 3. The van der Waals surface area contributed by atoms with E-state index in [9.17, 15) is 4.79 Å². The predicted molar refractivity (Wildman–Crippen MR) is 150 cm³/mol. The Morgan fingerprint density at radius 3 is 1.29 bits per heavy atom. The highest BCUT2D eigenvalue weighted by Gasteiger charge is 2.13. The monoisotopic (exact) mass is 498 g/mol. The van der Waals surface area contributed by atoms with Gasteiger partial charge >= 0.3 is 6.03 Å². The minimum Gasteiger partial charge on any atom is -0.272 e. The Bertz CT molecular complexity index is 420. The van der Waals surface area contributed by atoms with Crippen molar-refractivity contribution < 1.29 is 14.5 Å². The number of carbonyl (C=O) groups is 1. The predicted octanol–water partition coefficient (Wildman–Crippen LogP) is 9.89. The Morgan fingerprint density at radius 1 is 0.514 bits per heavy atom. The van der Waals surface area contributed by atoms with Crippen LogP contribution in [0.4, 0.5) is 4.79 Å². The molecule has 0 aromatic heterocycles. The van der Waals surface area contributed by atoms with Crippen LogP contribution in [0.1, 0.15) is 168 Å². The molecule has 0 fully saturated rings. The van der Waals surface area contributed by atoms with Crippen LogP contribution >= 0.6 is 0 Å². The third kappa shape index (κ3) is 26.1. The van der Waals surface area contributed by atoms with E-state index in [1.165, 1.54) is 133 Å². The largest absolute Gasteiger partial charge is 0.365 e. The number of nitrogens with zero attached hydrogens (tertiary/aromatic N) is 1. The first-order valence-electron chi connectivity index (χ1n) is 15.6. The summed E-state index contributed by atoms with van der Waals surface area (Å²) in [6.07, 6.45) is 29.6. The van der Waals surface area contributed by atoms with Crippen LogP contribution in [0.5, 0.6) is 0 Å². The fourth-order valence-corrected chi connectivity index (χ4v) is 4.37. The second kappa shape index (κ2) is 29.4. The number of unbranched alkanes of at least 4 members (excludes halogenated alkanes) is 20. The molecule has 0 aromatic carbocycles. The van der Waals surface area contributed by atoms with Gasteiger partial charge in [-0.3, -0.25) is 9.68 Å². The van der Waals surface area contributed by atoms with Crippen molar-refractivity contribution in [3.63, 3.8) is 0 Å². The van der Waals surface area contributed by atoms with E-state index in [0.29, 0.717) is 19.8 Å². The molecule has 35 heavy (non-hydrogen) atoms. The number of hydrogen-bond donors (Lipinski definition) is 1. The molecular weight excluding hydrogens is 436 g/mol. The van der Waals surface area contributed by atoms with Gasteiger partial charge in [0.15, 0.2) is 0 Å². The first-order valence-corrected chi connectivity index (χ1v) is 15.6. The zero-order chi connectivity index (χ0) is 25.7. The average molecular weight is 499 g/mol. The van der Waals surface area contributed by atoms with Crippen LogP contribution in [0.2, 0.25) is 0 Å². The number of amides is 2. The molecule has 1 N–H and O–H groups in total. The van der Waals surface area contributed by atoms with E-state index in [2.05, 4.69) is 26.3 Å². The second-order valence-corrected chi connectivity index (χ2v) is 10.3. The van der Waals surface area contributed by atoms with Crippen LogP contribution in [0.25, 0.3) is 0 Å². The van der Waals surface area contributed by atoms with E-state index in [4.69, 9.17) is 9.68 Å². The highest BCUT2D eigenvalue weighted by atomic mass is 16.7. The third-order valence-electron chi connectivity index (χ3n) is 6.66. The molecule has 0 saturated carbocycles. The van der Waals surface area contributed by atoms with Gasteiger partial charge in [0.2, 0.25) is 0 Å². The van der Waals surface area contributed by atoms with Crippen LogP contribution in [0.3, 0.4) is 0 Å². The molecule has 0 unspecified atom stereocenters. The van der Waals surface area contributed by atoms with Gasteiger partial charge in [0.1, 0.15) is 0 Å². The molecule has 5 nitrogen and oxygen atoms in total. The van der Waals surface area contributed by atoms with Crippen molar-refractivity contribution in [2.75, 3.05) is 19.8 Å². The van der Waals surface area contributed by atoms with Crippen molar-refractivity contribution in [3.8, 4) is 0 Å². The maximum atomic E-state index is 12.3. The first-order chi connectivity index (χ1) is 17.3. The molecular formula is C30H62N2O3. The quantitative estimate of drug-likeness (QED) is 0.0862. The summed E-state index contributed by atoms with van der Waals surface area (Å²) in [5.41, 5.74) is 2.56. The lowest BCUT2D eigenvalue weighted by atomic mass is 10.1. The van der Waals surface area contributed by atoms with Gasteiger partial charge in [0, 0.05) is 0 Å². The minimum absolute atomic E-state index is 0.280. The summed E-state index contributed by atoms with van der Waals surface area (Å²) in [7, 11) is 0. The standard InChI is InChI=1S/C30H62N2O3/c1-4-7-9-11-13-15-17-19-21-23-25-28-34-31-30(33)32(27-6-3)35-29-26-24-22-20-18-16-14-12-10-8-5-2/h4-29H2,1-3H3,(H,31,33). The summed E-state index contributed by atoms with van der Waals surface area (Å²) in [6, 6.07) is -0.280. The zero-order valence-electron chi connectivity index (χ0n) is 24.1. The molecule has 5 heteroatoms. The smallest absolute Gasteiger partial charge is 0.272 e. The first kappa shape index (κ1) is 34.2. The van der Waals surface area contributed by atoms with Gasteiger partial charge < -0.3 is 0 Å². The van der Waals surface area contributed by atoms with Crippen molar-refractivity contribution in [3.05, 3.63) is 0 Å². The molecule has 210 valence electrons. The SMILES string of the molecule is CCCCCCCCCCCCCONC(=O)N(CCC)OCCCCCCCCCCCCC. The normalized spacial score (nSPS) is 11.2. The molecule has 0 aliphatic carbocycles. The van der Waals surface area contributed by atoms with Crippen molar-refractivity contribution in [2.45, 2.75) is 168 Å². The fraction of sp³-hybridized carbons (Fsp3) is 0.967. The van der Waals surface area contributed by atoms with Crippen LogP contribution in [0.15, 0.2) is 0 Å². The van der Waals surface area contributed by atoms with E-state index in [0.717, 1.165) is 19.3 Å². The molecule has 0 radical (unpaired) electrons. The van der Waals surface area contributed by atoms with Crippen molar-refractivity contribution in [1.29, 1.82) is 0 Å². The molecule has 0 saturated heterocycles. The van der Waals surface area contributed by atoms with Crippen LogP contribution in [-0.4, -0.2) is 30.9 Å². The average Bonchev–Trinajstić information content (AvgIpc) is 2.86. The third-order valence-corrected chi connectivity index (χ3v) is 6.66. The Labute approximate surface area is 219 Å². The Morgan fingerprint density at radius 2 is 0.886 bits per heavy atom. The van der Waals surface area contributed by atoms with Crippen LogP contribution in [0, 0.1) is 0 Å². The van der Waals surface area contributed by atoms with Gasteiger partial charge in [-0.15, -0.1) is 0 Å². The molecule has 0 aliphatic rings. The van der Waals surface area contributed by atoms with E-state index >= 15 is 0 Å². The topological polar surface area (TPSA) is 50.8 Å². The summed E-state index contributed by atoms with van der Waals surface area (Å²) in [5, 5.41) is 1.43.